The topological polar surface area (TPSA) is 78.8 Å². The highest BCUT2D eigenvalue weighted by Gasteiger charge is 2.28. The average molecular weight is 488 g/mol. The van der Waals surface area contributed by atoms with Gasteiger partial charge in [0.1, 0.15) is 5.82 Å². The Hall–Kier alpha value is -3.07. The maximum atomic E-state index is 14.4. The van der Waals surface area contributed by atoms with E-state index in [4.69, 9.17) is 11.6 Å². The first-order valence-electron chi connectivity index (χ1n) is 10.0. The molecule has 0 aliphatic carbocycles. The van der Waals surface area contributed by atoms with Crippen molar-refractivity contribution >= 4 is 33.7 Å². The molecule has 3 aromatic rings. The number of sulfonamides is 1. The highest BCUT2D eigenvalue weighted by Crippen LogP contribution is 2.24. The lowest BCUT2D eigenvalue weighted by Crippen LogP contribution is -2.39. The smallest absolute Gasteiger partial charge is 0.255 e. The zero-order valence-corrected chi connectivity index (χ0v) is 19.7. The Labute approximate surface area is 197 Å². The van der Waals surface area contributed by atoms with E-state index < -0.39 is 34.8 Å². The van der Waals surface area contributed by atoms with Gasteiger partial charge in [-0.3, -0.25) is 4.79 Å². The van der Waals surface area contributed by atoms with E-state index >= 15 is 0 Å². The van der Waals surface area contributed by atoms with Crippen molar-refractivity contribution in [2.45, 2.75) is 25.3 Å². The molecule has 3 rings (SSSR count). The van der Waals surface area contributed by atoms with Crippen molar-refractivity contribution in [3.05, 3.63) is 99.8 Å². The van der Waals surface area contributed by atoms with Gasteiger partial charge in [0, 0.05) is 17.1 Å². The van der Waals surface area contributed by atoms with Crippen molar-refractivity contribution in [3.8, 4) is 0 Å². The molecule has 1 N–H and O–H groups in total. The van der Waals surface area contributed by atoms with Gasteiger partial charge in [-0.05, 0) is 43.7 Å². The zero-order valence-electron chi connectivity index (χ0n) is 18.1. The van der Waals surface area contributed by atoms with Crippen molar-refractivity contribution in [1.29, 1.82) is 0 Å². The molecular formula is C24H23ClFN3O3S. The fourth-order valence-corrected chi connectivity index (χ4v) is 4.66. The molecule has 0 spiro atoms. The van der Waals surface area contributed by atoms with Crippen LogP contribution in [0.1, 0.15) is 22.3 Å². The van der Waals surface area contributed by atoms with Crippen molar-refractivity contribution in [2.75, 3.05) is 6.54 Å². The molecular weight excluding hydrogens is 465 g/mol. The van der Waals surface area contributed by atoms with Crippen molar-refractivity contribution in [1.82, 2.24) is 9.73 Å². The number of hydrogen-bond donors (Lipinski definition) is 1. The number of hydrogen-bond acceptors (Lipinski definition) is 4. The lowest BCUT2D eigenvalue weighted by Gasteiger charge is -2.22. The molecule has 33 heavy (non-hydrogen) atoms. The lowest BCUT2D eigenvalue weighted by molar-refractivity contribution is -0.121. The fourth-order valence-electron chi connectivity index (χ4n) is 3.07. The van der Waals surface area contributed by atoms with Gasteiger partial charge >= 0.3 is 0 Å². The van der Waals surface area contributed by atoms with E-state index in [1.54, 1.807) is 12.1 Å². The molecule has 0 fully saturated rings. The van der Waals surface area contributed by atoms with E-state index in [-0.39, 0.29) is 15.5 Å². The maximum absolute atomic E-state index is 14.4. The van der Waals surface area contributed by atoms with Gasteiger partial charge in [-0.2, -0.15) is 9.41 Å². The van der Waals surface area contributed by atoms with Gasteiger partial charge in [-0.15, -0.1) is 0 Å². The number of nitrogens with zero attached hydrogens (tertiary/aromatic N) is 2. The molecule has 6 nitrogen and oxygen atoms in total. The summed E-state index contributed by atoms with van der Waals surface area (Å²) in [5, 5.41) is 3.96. The standard InChI is InChI=1S/C24H23ClFN3O3S/c1-17-9-11-20(12-10-17)33(31,32)29(15-21-22(25)7-4-8-23(21)26)16-24(30)28-27-14-19-6-3-5-18(2)13-19/h3-14H,15-16H2,1-2H3,(H,28,30)/b27-14-. The van der Waals surface area contributed by atoms with Crippen molar-refractivity contribution < 1.29 is 17.6 Å². The van der Waals surface area contributed by atoms with Crippen molar-refractivity contribution in [3.63, 3.8) is 0 Å². The maximum Gasteiger partial charge on any atom is 0.255 e. The Morgan fingerprint density at radius 3 is 2.42 bits per heavy atom. The number of amides is 1. The second-order valence-electron chi connectivity index (χ2n) is 7.49. The van der Waals surface area contributed by atoms with Crippen LogP contribution in [-0.2, 0) is 21.4 Å². The second kappa shape index (κ2) is 10.7. The molecule has 0 heterocycles. The lowest BCUT2D eigenvalue weighted by atomic mass is 10.2. The van der Waals surface area contributed by atoms with Crippen LogP contribution in [0.3, 0.4) is 0 Å². The number of nitrogens with one attached hydrogen (secondary N) is 1. The van der Waals surface area contributed by atoms with Gasteiger partial charge in [-0.25, -0.2) is 18.2 Å². The van der Waals surface area contributed by atoms with Crippen LogP contribution >= 0.6 is 11.6 Å². The van der Waals surface area contributed by atoms with E-state index in [1.165, 1.54) is 36.5 Å². The van der Waals surface area contributed by atoms with E-state index in [9.17, 15) is 17.6 Å². The Kier molecular flexibility index (Phi) is 7.97. The molecule has 0 bridgehead atoms. The third kappa shape index (κ3) is 6.47. The SMILES string of the molecule is Cc1ccc(S(=O)(=O)N(CC(=O)N/N=C\c2cccc(C)c2)Cc2c(F)cccc2Cl)cc1. The molecule has 0 unspecified atom stereocenters. The number of carbonyl (C=O) groups excluding carboxylic acids is 1. The van der Waals surface area contributed by atoms with Crippen LogP contribution in [0.4, 0.5) is 4.39 Å². The highest BCUT2D eigenvalue weighted by atomic mass is 35.5. The van der Waals surface area contributed by atoms with Crippen LogP contribution in [0.15, 0.2) is 76.7 Å². The largest absolute Gasteiger partial charge is 0.272 e. The summed E-state index contributed by atoms with van der Waals surface area (Å²) in [6.45, 7) is 2.76. The number of rotatable bonds is 8. The summed E-state index contributed by atoms with van der Waals surface area (Å²) in [5.74, 6) is -1.34. The monoisotopic (exact) mass is 487 g/mol. The van der Waals surface area contributed by atoms with Crippen LogP contribution in [0.5, 0.6) is 0 Å². The van der Waals surface area contributed by atoms with Crippen LogP contribution in [0, 0.1) is 19.7 Å². The molecule has 0 atom stereocenters. The molecule has 172 valence electrons. The molecule has 0 saturated carbocycles. The van der Waals surface area contributed by atoms with Gasteiger partial charge in [0.15, 0.2) is 0 Å². The van der Waals surface area contributed by atoms with Crippen LogP contribution in [-0.4, -0.2) is 31.4 Å². The Morgan fingerprint density at radius 1 is 1.06 bits per heavy atom. The normalized spacial score (nSPS) is 11.8. The first-order chi connectivity index (χ1) is 15.7. The molecule has 0 aliphatic heterocycles. The molecule has 1 amide bonds. The minimum atomic E-state index is -4.13. The minimum absolute atomic E-state index is 0.0170. The number of aryl methyl sites for hydroxylation is 2. The quantitative estimate of drug-likeness (QED) is 0.377. The summed E-state index contributed by atoms with van der Waals surface area (Å²) in [5.41, 5.74) is 4.99. The predicted molar refractivity (Wildman–Crippen MR) is 127 cm³/mol. The zero-order chi connectivity index (χ0) is 24.0. The Morgan fingerprint density at radius 2 is 1.76 bits per heavy atom. The van der Waals surface area contributed by atoms with Gasteiger partial charge in [0.2, 0.25) is 10.0 Å². The van der Waals surface area contributed by atoms with Crippen LogP contribution in [0.2, 0.25) is 5.02 Å². The molecule has 0 aliphatic rings. The first-order valence-corrected chi connectivity index (χ1v) is 11.9. The van der Waals surface area contributed by atoms with Gasteiger partial charge in [0.05, 0.1) is 17.7 Å². The van der Waals surface area contributed by atoms with E-state index in [2.05, 4.69) is 10.5 Å². The molecule has 0 radical (unpaired) electrons. The van der Waals surface area contributed by atoms with Crippen LogP contribution < -0.4 is 5.43 Å². The summed E-state index contributed by atoms with van der Waals surface area (Å²) >= 11 is 6.11. The Bertz CT molecular complexity index is 1260. The Balaban J connectivity index is 1.84. The van der Waals surface area contributed by atoms with E-state index in [0.29, 0.717) is 0 Å². The molecule has 0 aromatic heterocycles. The number of carbonyl (C=O) groups is 1. The average Bonchev–Trinajstić information content (AvgIpc) is 2.76. The molecule has 9 heteroatoms. The number of hydrazone groups is 1. The summed E-state index contributed by atoms with van der Waals surface area (Å²) in [4.78, 5) is 12.5. The first kappa shape index (κ1) is 24.6. The third-order valence-corrected chi connectivity index (χ3v) is 6.98. The summed E-state index contributed by atoms with van der Waals surface area (Å²) < 4.78 is 41.8. The number of halogens is 2. The van der Waals surface area contributed by atoms with Gasteiger partial charge < -0.3 is 0 Å². The summed E-state index contributed by atoms with van der Waals surface area (Å²) in [6, 6.07) is 17.7. The second-order valence-corrected chi connectivity index (χ2v) is 9.84. The summed E-state index contributed by atoms with van der Waals surface area (Å²) in [7, 11) is -4.13. The highest BCUT2D eigenvalue weighted by molar-refractivity contribution is 7.89. The number of benzene rings is 3. The predicted octanol–water partition coefficient (Wildman–Crippen LogP) is 4.44. The molecule has 3 aromatic carbocycles. The van der Waals surface area contributed by atoms with Gasteiger partial charge in [0.25, 0.3) is 5.91 Å². The minimum Gasteiger partial charge on any atom is -0.272 e. The van der Waals surface area contributed by atoms with Gasteiger partial charge in [-0.1, -0.05) is 65.2 Å². The van der Waals surface area contributed by atoms with E-state index in [1.807, 2.05) is 38.1 Å². The summed E-state index contributed by atoms with van der Waals surface area (Å²) in [6.07, 6.45) is 1.46. The van der Waals surface area contributed by atoms with Crippen LogP contribution in [0.25, 0.3) is 0 Å². The third-order valence-electron chi connectivity index (χ3n) is 4.82. The van der Waals surface area contributed by atoms with Crippen molar-refractivity contribution in [2.24, 2.45) is 5.10 Å². The van der Waals surface area contributed by atoms with E-state index in [0.717, 1.165) is 21.0 Å². The molecule has 0 saturated heterocycles. The fraction of sp³-hybridized carbons (Fsp3) is 0.167.